The van der Waals surface area contributed by atoms with Crippen molar-refractivity contribution in [2.75, 3.05) is 7.11 Å². The largest absolute Gasteiger partial charge is 0.465 e. The average molecular weight is 687 g/mol. The van der Waals surface area contributed by atoms with E-state index in [1.807, 2.05) is 0 Å². The van der Waals surface area contributed by atoms with E-state index in [-0.39, 0.29) is 29.8 Å². The molecule has 2 aliphatic rings. The number of alkyl halides is 6. The first-order valence-electron chi connectivity index (χ1n) is 15.3. The molecule has 2 fully saturated rings. The van der Waals surface area contributed by atoms with Gasteiger partial charge in [-0.05, 0) is 97.5 Å². The molecule has 1 aliphatic heterocycles. The quantitative estimate of drug-likeness (QED) is 0.143. The summed E-state index contributed by atoms with van der Waals surface area (Å²) in [4.78, 5) is 31.1. The number of hydrogen-bond donors (Lipinski definition) is 0. The van der Waals surface area contributed by atoms with Crippen LogP contribution in [0.3, 0.4) is 0 Å². The summed E-state index contributed by atoms with van der Waals surface area (Å²) in [5, 5.41) is 0. The van der Waals surface area contributed by atoms with E-state index >= 15 is 4.39 Å². The van der Waals surface area contributed by atoms with Gasteiger partial charge in [-0.15, -0.1) is 0 Å². The summed E-state index contributed by atoms with van der Waals surface area (Å²) in [6, 6.07) is 13.0. The number of methoxy groups -OCH3 is 1. The van der Waals surface area contributed by atoms with Crippen molar-refractivity contribution >= 4 is 12.1 Å². The molecule has 4 aromatic rings. The van der Waals surface area contributed by atoms with Crippen LogP contribution < -0.4 is 0 Å². The molecule has 49 heavy (non-hydrogen) atoms. The van der Waals surface area contributed by atoms with Gasteiger partial charge in [0.05, 0.1) is 42.1 Å². The Balaban J connectivity index is 1.37. The van der Waals surface area contributed by atoms with Crippen LogP contribution in [0, 0.1) is 12.7 Å². The van der Waals surface area contributed by atoms with Gasteiger partial charge in [0.15, 0.2) is 0 Å². The van der Waals surface area contributed by atoms with E-state index in [1.54, 1.807) is 49.4 Å². The van der Waals surface area contributed by atoms with Gasteiger partial charge in [-0.1, -0.05) is 18.2 Å². The third-order valence-corrected chi connectivity index (χ3v) is 8.86. The van der Waals surface area contributed by atoms with Gasteiger partial charge < -0.3 is 9.47 Å². The van der Waals surface area contributed by atoms with Gasteiger partial charge in [0.2, 0.25) is 0 Å². The molecule has 0 radical (unpaired) electrons. The second kappa shape index (κ2) is 12.5. The molecule has 2 atom stereocenters. The summed E-state index contributed by atoms with van der Waals surface area (Å²) < 4.78 is 107. The first kappa shape index (κ1) is 33.9. The van der Waals surface area contributed by atoms with E-state index in [2.05, 4.69) is 0 Å². The molecule has 0 spiro atoms. The predicted octanol–water partition coefficient (Wildman–Crippen LogP) is 9.65. The van der Waals surface area contributed by atoms with Crippen LogP contribution in [-0.4, -0.2) is 35.1 Å². The van der Waals surface area contributed by atoms with Crippen LogP contribution in [0.15, 0.2) is 66.7 Å². The van der Waals surface area contributed by atoms with Crippen LogP contribution in [-0.2, 0) is 28.4 Å². The zero-order valence-corrected chi connectivity index (χ0v) is 26.4. The minimum absolute atomic E-state index is 0.0138. The normalized spacial score (nSPS) is 18.1. The average Bonchev–Trinajstić information content (AvgIpc) is 3.86. The van der Waals surface area contributed by atoms with Crippen LogP contribution in [0.25, 0.3) is 22.3 Å². The van der Waals surface area contributed by atoms with E-state index in [0.717, 1.165) is 28.9 Å². The number of benzene rings is 3. The number of carbonyl (C=O) groups excluding carboxylic acids is 2. The lowest BCUT2D eigenvalue weighted by atomic mass is 9.93. The number of ether oxygens (including phenoxy) is 2. The van der Waals surface area contributed by atoms with E-state index in [1.165, 1.54) is 20.1 Å². The molecule has 0 unspecified atom stereocenters. The van der Waals surface area contributed by atoms with Crippen LogP contribution in [0.5, 0.6) is 0 Å². The van der Waals surface area contributed by atoms with Crippen molar-refractivity contribution in [1.29, 1.82) is 0 Å². The Hall–Kier alpha value is -4.94. The summed E-state index contributed by atoms with van der Waals surface area (Å²) in [6.07, 6.45) is -10.8. The van der Waals surface area contributed by atoms with E-state index in [9.17, 15) is 35.9 Å². The molecule has 256 valence electrons. The molecular formula is C36H29F7N2O4. The van der Waals surface area contributed by atoms with Gasteiger partial charge in [0.25, 0.3) is 0 Å². The molecular weight excluding hydrogens is 657 g/mol. The highest BCUT2D eigenvalue weighted by molar-refractivity contribution is 5.90. The minimum atomic E-state index is -5.08. The fourth-order valence-corrected chi connectivity index (χ4v) is 6.09. The van der Waals surface area contributed by atoms with Gasteiger partial charge in [-0.2, -0.15) is 26.3 Å². The van der Waals surface area contributed by atoms with Gasteiger partial charge in [0, 0.05) is 22.7 Å². The predicted molar refractivity (Wildman–Crippen MR) is 164 cm³/mol. The number of nitrogens with zero attached hydrogens (tertiary/aromatic N) is 2. The summed E-state index contributed by atoms with van der Waals surface area (Å²) in [5.41, 5.74) is 0.408. The summed E-state index contributed by atoms with van der Waals surface area (Å²) in [7, 11) is 1.27. The van der Waals surface area contributed by atoms with Gasteiger partial charge in [0.1, 0.15) is 11.9 Å². The molecule has 0 bridgehead atoms. The molecule has 1 aromatic heterocycles. The zero-order chi connectivity index (χ0) is 35.4. The second-order valence-corrected chi connectivity index (χ2v) is 12.2. The Morgan fingerprint density at radius 2 is 1.55 bits per heavy atom. The van der Waals surface area contributed by atoms with Crippen LogP contribution in [0.2, 0.25) is 0 Å². The Labute approximate surface area is 276 Å². The molecule has 1 aliphatic carbocycles. The third-order valence-electron chi connectivity index (χ3n) is 8.86. The maximum atomic E-state index is 15.6. The number of carbonyl (C=O) groups is 2. The number of cyclic esters (lactones) is 1. The molecule has 3 aromatic carbocycles. The Morgan fingerprint density at radius 1 is 0.898 bits per heavy atom. The van der Waals surface area contributed by atoms with Crippen molar-refractivity contribution in [3.05, 3.63) is 112 Å². The monoisotopic (exact) mass is 686 g/mol. The van der Waals surface area contributed by atoms with Crippen molar-refractivity contribution in [3.8, 4) is 22.3 Å². The SMILES string of the molecule is COC(=O)c1ccc(-c2ccc(F)c(-c3ccc(C4CC4)nc3CN3C(=O)O[C@H](c4cc(C(F)(F)F)cc(C(F)(F)F)c4)[C@@H]3C)c2)c(C)c1. The fraction of sp³-hybridized carbons (Fsp3) is 0.306. The zero-order valence-electron chi connectivity index (χ0n) is 26.4. The maximum Gasteiger partial charge on any atom is 0.416 e. The number of esters is 1. The lowest BCUT2D eigenvalue weighted by Crippen LogP contribution is -2.32. The molecule has 2 heterocycles. The smallest absolute Gasteiger partial charge is 0.416 e. The van der Waals surface area contributed by atoms with E-state index < -0.39 is 59.1 Å². The van der Waals surface area contributed by atoms with Crippen LogP contribution >= 0.6 is 0 Å². The first-order valence-corrected chi connectivity index (χ1v) is 15.3. The van der Waals surface area contributed by atoms with Crippen molar-refractivity contribution in [1.82, 2.24) is 9.88 Å². The van der Waals surface area contributed by atoms with E-state index in [4.69, 9.17) is 14.5 Å². The number of aromatic nitrogens is 1. The summed E-state index contributed by atoms with van der Waals surface area (Å²) in [5.74, 6) is -0.929. The highest BCUT2D eigenvalue weighted by atomic mass is 19.4. The molecule has 1 amide bonds. The van der Waals surface area contributed by atoms with Gasteiger partial charge in [-0.3, -0.25) is 9.88 Å². The highest BCUT2D eigenvalue weighted by Gasteiger charge is 2.44. The number of pyridine rings is 1. The number of halogens is 7. The Morgan fingerprint density at radius 3 is 2.14 bits per heavy atom. The molecule has 0 N–H and O–H groups in total. The third kappa shape index (κ3) is 6.83. The van der Waals surface area contributed by atoms with Crippen molar-refractivity contribution in [2.45, 2.75) is 63.7 Å². The number of aryl methyl sites for hydroxylation is 1. The summed E-state index contributed by atoms with van der Waals surface area (Å²) in [6.45, 7) is 2.99. The topological polar surface area (TPSA) is 68.7 Å². The van der Waals surface area contributed by atoms with Gasteiger partial charge in [-0.25, -0.2) is 14.0 Å². The molecule has 6 nitrogen and oxygen atoms in total. The first-order chi connectivity index (χ1) is 23.0. The van der Waals surface area contributed by atoms with Crippen molar-refractivity contribution in [2.24, 2.45) is 0 Å². The Bertz CT molecular complexity index is 1920. The summed E-state index contributed by atoms with van der Waals surface area (Å²) >= 11 is 0. The lowest BCUT2D eigenvalue weighted by molar-refractivity contribution is -0.143. The van der Waals surface area contributed by atoms with Crippen molar-refractivity contribution < 1.29 is 49.8 Å². The van der Waals surface area contributed by atoms with E-state index in [0.29, 0.717) is 34.5 Å². The highest BCUT2D eigenvalue weighted by Crippen LogP contribution is 2.43. The number of amides is 1. The van der Waals surface area contributed by atoms with Crippen molar-refractivity contribution in [3.63, 3.8) is 0 Å². The molecule has 13 heteroatoms. The lowest BCUT2D eigenvalue weighted by Gasteiger charge is -2.23. The molecule has 1 saturated heterocycles. The van der Waals surface area contributed by atoms with Crippen LogP contribution in [0.1, 0.15) is 75.8 Å². The standard InChI is InChI=1S/C36H29F7N2O4/c1-18-12-22(33(46)48-3)6-8-26(18)21-7-10-29(37)28(15-21)27-9-11-30(20-4-5-20)44-31(27)17-45-19(2)32(49-34(45)47)23-13-24(35(38,39)40)16-25(14-23)36(41,42)43/h6-16,19-20,32H,4-5,17H2,1-3H3/t19-,32-/m0/s1. The fourth-order valence-electron chi connectivity index (χ4n) is 6.09. The molecule has 6 rings (SSSR count). The maximum absolute atomic E-state index is 15.6. The van der Waals surface area contributed by atoms with Crippen LogP contribution in [0.4, 0.5) is 35.5 Å². The molecule has 1 saturated carbocycles. The Kier molecular flexibility index (Phi) is 8.66. The number of rotatable bonds is 7. The minimum Gasteiger partial charge on any atom is -0.465 e. The van der Waals surface area contributed by atoms with Gasteiger partial charge >= 0.3 is 24.4 Å². The number of hydrogen-bond acceptors (Lipinski definition) is 5. The second-order valence-electron chi connectivity index (χ2n) is 12.2.